The molecule has 0 atom stereocenters. The molecule has 1 aromatic rings. The highest BCUT2D eigenvalue weighted by Gasteiger charge is 2.14. The second-order valence-corrected chi connectivity index (χ2v) is 4.39. The average molecular weight is 254 g/mol. The zero-order valence-corrected chi connectivity index (χ0v) is 11.4. The highest BCUT2D eigenvalue weighted by Crippen LogP contribution is 1.99. The van der Waals surface area contributed by atoms with Gasteiger partial charge in [-0.25, -0.2) is 9.78 Å². The van der Waals surface area contributed by atoms with E-state index in [1.54, 1.807) is 24.4 Å². The van der Waals surface area contributed by atoms with Gasteiger partial charge in [0, 0.05) is 32.6 Å². The van der Waals surface area contributed by atoms with Gasteiger partial charge in [-0.1, -0.05) is 0 Å². The number of hydrogen-bond acceptors (Lipinski definition) is 4. The molecule has 0 aliphatic heterocycles. The molecule has 0 aromatic carbocycles. The largest absolute Gasteiger partial charge is 0.383 e. The number of methoxy groups -OCH3 is 1. The van der Waals surface area contributed by atoms with Crippen molar-refractivity contribution in [2.75, 3.05) is 47.4 Å². The lowest BCUT2D eigenvalue weighted by atomic mass is 10.3. The molecule has 6 heteroatoms. The van der Waals surface area contributed by atoms with Gasteiger partial charge in [0.05, 0.1) is 6.61 Å². The van der Waals surface area contributed by atoms with Crippen LogP contribution in [0.15, 0.2) is 18.7 Å². The number of ether oxygens (including phenoxy) is 1. The van der Waals surface area contributed by atoms with Crippen molar-refractivity contribution in [3.8, 4) is 0 Å². The van der Waals surface area contributed by atoms with E-state index in [0.29, 0.717) is 13.2 Å². The monoisotopic (exact) mass is 254 g/mol. The van der Waals surface area contributed by atoms with E-state index in [9.17, 15) is 4.79 Å². The smallest absolute Gasteiger partial charge is 0.329 e. The van der Waals surface area contributed by atoms with Crippen molar-refractivity contribution < 1.29 is 9.53 Å². The van der Waals surface area contributed by atoms with Crippen LogP contribution in [0.5, 0.6) is 0 Å². The fourth-order valence-electron chi connectivity index (χ4n) is 1.62. The predicted octanol–water partition coefficient (Wildman–Crippen LogP) is 0.751. The molecular weight excluding hydrogens is 232 g/mol. The second-order valence-electron chi connectivity index (χ2n) is 4.39. The predicted molar refractivity (Wildman–Crippen MR) is 69.6 cm³/mol. The molecule has 0 N–H and O–H groups in total. The molecule has 1 rings (SSSR count). The molecule has 102 valence electrons. The van der Waals surface area contributed by atoms with E-state index in [4.69, 9.17) is 4.74 Å². The maximum atomic E-state index is 12.2. The van der Waals surface area contributed by atoms with Crippen molar-refractivity contribution >= 4 is 6.03 Å². The van der Waals surface area contributed by atoms with Crippen LogP contribution in [0, 0.1) is 0 Å². The lowest BCUT2D eigenvalue weighted by molar-refractivity contribution is 0.148. The lowest BCUT2D eigenvalue weighted by Crippen LogP contribution is -2.38. The Balaban J connectivity index is 2.51. The number of carbonyl (C=O) groups excluding carboxylic acids is 1. The Labute approximate surface area is 108 Å². The van der Waals surface area contributed by atoms with Crippen LogP contribution >= 0.6 is 0 Å². The van der Waals surface area contributed by atoms with Crippen LogP contribution < -0.4 is 0 Å². The minimum absolute atomic E-state index is 0.0525. The van der Waals surface area contributed by atoms with Gasteiger partial charge in [0.15, 0.2) is 0 Å². The molecule has 1 heterocycles. The molecule has 0 spiro atoms. The first kappa shape index (κ1) is 14.7. The van der Waals surface area contributed by atoms with Crippen LogP contribution in [-0.4, -0.2) is 72.8 Å². The Kier molecular flexibility index (Phi) is 6.38. The third kappa shape index (κ3) is 4.85. The zero-order valence-electron chi connectivity index (χ0n) is 11.4. The summed E-state index contributed by atoms with van der Waals surface area (Å²) in [5.74, 6) is 0. The van der Waals surface area contributed by atoms with Crippen molar-refractivity contribution in [1.29, 1.82) is 0 Å². The van der Waals surface area contributed by atoms with E-state index < -0.39 is 0 Å². The number of carbonyl (C=O) groups is 1. The summed E-state index contributed by atoms with van der Waals surface area (Å²) >= 11 is 0. The van der Waals surface area contributed by atoms with Crippen LogP contribution in [0.4, 0.5) is 4.79 Å². The molecule has 0 aliphatic rings. The van der Waals surface area contributed by atoms with E-state index in [2.05, 4.69) is 9.88 Å². The number of rotatable bonds is 7. The quantitative estimate of drug-likeness (QED) is 0.720. The van der Waals surface area contributed by atoms with Crippen LogP contribution in [0.2, 0.25) is 0 Å². The minimum atomic E-state index is -0.0525. The van der Waals surface area contributed by atoms with Crippen molar-refractivity contribution in [3.63, 3.8) is 0 Å². The van der Waals surface area contributed by atoms with Crippen molar-refractivity contribution in [1.82, 2.24) is 19.4 Å². The fraction of sp³-hybridized carbons (Fsp3) is 0.667. The summed E-state index contributed by atoms with van der Waals surface area (Å²) in [6.45, 7) is 2.82. The Morgan fingerprint density at radius 1 is 1.33 bits per heavy atom. The topological polar surface area (TPSA) is 50.6 Å². The highest BCUT2D eigenvalue weighted by atomic mass is 16.5. The molecule has 0 saturated carbocycles. The maximum Gasteiger partial charge on any atom is 0.329 e. The van der Waals surface area contributed by atoms with Gasteiger partial charge in [0.1, 0.15) is 6.33 Å². The molecule has 1 aromatic heterocycles. The van der Waals surface area contributed by atoms with Gasteiger partial charge in [0.2, 0.25) is 0 Å². The van der Waals surface area contributed by atoms with Crippen LogP contribution in [0.25, 0.3) is 0 Å². The summed E-state index contributed by atoms with van der Waals surface area (Å²) in [7, 11) is 5.69. The molecule has 0 saturated heterocycles. The fourth-order valence-corrected chi connectivity index (χ4v) is 1.62. The summed E-state index contributed by atoms with van der Waals surface area (Å²) < 4.78 is 6.53. The first-order valence-corrected chi connectivity index (χ1v) is 6.06. The molecule has 0 fully saturated rings. The Morgan fingerprint density at radius 2 is 2.11 bits per heavy atom. The van der Waals surface area contributed by atoms with E-state index in [1.165, 1.54) is 10.9 Å². The van der Waals surface area contributed by atoms with Gasteiger partial charge >= 0.3 is 6.03 Å². The molecule has 6 nitrogen and oxygen atoms in total. The number of amides is 1. The Hall–Kier alpha value is -1.40. The van der Waals surface area contributed by atoms with E-state index in [1.807, 2.05) is 14.1 Å². The van der Waals surface area contributed by atoms with Crippen LogP contribution in [-0.2, 0) is 4.74 Å². The molecule has 0 aliphatic carbocycles. The standard InChI is InChI=1S/C12H22N4O2/c1-14(2)6-4-7-15(9-10-18-3)12(17)16-8-5-13-11-16/h5,8,11H,4,6-7,9-10H2,1-3H3. The normalized spacial score (nSPS) is 10.9. The molecule has 1 amide bonds. The van der Waals surface area contributed by atoms with Gasteiger partial charge in [-0.05, 0) is 27.1 Å². The summed E-state index contributed by atoms with van der Waals surface area (Å²) in [6.07, 6.45) is 5.73. The SMILES string of the molecule is COCCN(CCCN(C)C)C(=O)n1ccnc1. The minimum Gasteiger partial charge on any atom is -0.383 e. The molecule has 0 unspecified atom stereocenters. The number of hydrogen-bond donors (Lipinski definition) is 0. The van der Waals surface area contributed by atoms with Gasteiger partial charge < -0.3 is 14.5 Å². The third-order valence-electron chi connectivity index (χ3n) is 2.59. The molecule has 0 radical (unpaired) electrons. The second kappa shape index (κ2) is 7.84. The van der Waals surface area contributed by atoms with Crippen LogP contribution in [0.3, 0.4) is 0 Å². The summed E-state index contributed by atoms with van der Waals surface area (Å²) in [5, 5.41) is 0. The average Bonchev–Trinajstić information content (AvgIpc) is 2.86. The number of aromatic nitrogens is 2. The van der Waals surface area contributed by atoms with Gasteiger partial charge in [-0.2, -0.15) is 0 Å². The number of imidazole rings is 1. The van der Waals surface area contributed by atoms with E-state index in [0.717, 1.165) is 19.5 Å². The van der Waals surface area contributed by atoms with Crippen molar-refractivity contribution in [3.05, 3.63) is 18.7 Å². The van der Waals surface area contributed by atoms with Crippen molar-refractivity contribution in [2.24, 2.45) is 0 Å². The molecule has 18 heavy (non-hydrogen) atoms. The summed E-state index contributed by atoms with van der Waals surface area (Å²) in [4.78, 5) is 20.0. The van der Waals surface area contributed by atoms with Gasteiger partial charge in [0.25, 0.3) is 0 Å². The first-order chi connectivity index (χ1) is 8.65. The lowest BCUT2D eigenvalue weighted by Gasteiger charge is -2.23. The first-order valence-electron chi connectivity index (χ1n) is 6.06. The maximum absolute atomic E-state index is 12.2. The van der Waals surface area contributed by atoms with Crippen molar-refractivity contribution in [2.45, 2.75) is 6.42 Å². The third-order valence-corrected chi connectivity index (χ3v) is 2.59. The van der Waals surface area contributed by atoms with E-state index >= 15 is 0 Å². The van der Waals surface area contributed by atoms with E-state index in [-0.39, 0.29) is 6.03 Å². The zero-order chi connectivity index (χ0) is 13.4. The van der Waals surface area contributed by atoms with Gasteiger partial charge in [-0.3, -0.25) is 4.57 Å². The summed E-state index contributed by atoms with van der Waals surface area (Å²) in [6, 6.07) is -0.0525. The number of nitrogens with zero attached hydrogens (tertiary/aromatic N) is 4. The Bertz CT molecular complexity index is 338. The summed E-state index contributed by atoms with van der Waals surface area (Å²) in [5.41, 5.74) is 0. The molecule has 0 bridgehead atoms. The Morgan fingerprint density at radius 3 is 2.67 bits per heavy atom. The highest BCUT2D eigenvalue weighted by molar-refractivity contribution is 5.76. The van der Waals surface area contributed by atoms with Gasteiger partial charge in [-0.15, -0.1) is 0 Å². The molecular formula is C12H22N4O2. The van der Waals surface area contributed by atoms with Crippen LogP contribution in [0.1, 0.15) is 6.42 Å².